The fourth-order valence-electron chi connectivity index (χ4n) is 5.29. The molecule has 2 aliphatic rings. The molecule has 1 amide bonds. The summed E-state index contributed by atoms with van der Waals surface area (Å²) in [5.74, 6) is -0.0288. The number of carbonyl (C=O) groups excluding carboxylic acids is 2. The molecular weight excluding hydrogens is 534 g/mol. The van der Waals surface area contributed by atoms with Crippen molar-refractivity contribution in [1.82, 2.24) is 25.2 Å². The van der Waals surface area contributed by atoms with Crippen molar-refractivity contribution in [3.8, 4) is 21.6 Å². The molecule has 1 aromatic carbocycles. The van der Waals surface area contributed by atoms with E-state index in [0.29, 0.717) is 5.69 Å². The Morgan fingerprint density at radius 3 is 2.68 bits per heavy atom. The number of H-pyrrole nitrogens is 1. The van der Waals surface area contributed by atoms with Crippen LogP contribution in [0.3, 0.4) is 0 Å². The van der Waals surface area contributed by atoms with Crippen LogP contribution >= 0.6 is 11.3 Å². The van der Waals surface area contributed by atoms with Gasteiger partial charge in [0.05, 0.1) is 46.4 Å². The lowest BCUT2D eigenvalue weighted by Crippen LogP contribution is -2.27. The number of nitrogens with one attached hydrogen (secondary N) is 3. The second kappa shape index (κ2) is 9.84. The second-order valence-electron chi connectivity index (χ2n) is 10.6. The molecule has 7 rings (SSSR count). The van der Waals surface area contributed by atoms with Gasteiger partial charge in [-0.25, -0.2) is 0 Å². The normalized spacial score (nSPS) is 17.2. The molecule has 1 saturated heterocycles. The maximum atomic E-state index is 12.3. The molecular formula is C31H27N7O2S. The zero-order valence-corrected chi connectivity index (χ0v) is 23.5. The Morgan fingerprint density at radius 1 is 1.02 bits per heavy atom. The van der Waals surface area contributed by atoms with Gasteiger partial charge in [-0.05, 0) is 57.4 Å². The molecule has 0 aliphatic carbocycles. The van der Waals surface area contributed by atoms with Gasteiger partial charge < -0.3 is 15.2 Å². The number of amides is 1. The molecule has 2 unspecified atom stereocenters. The molecule has 10 heteroatoms. The summed E-state index contributed by atoms with van der Waals surface area (Å²) >= 11 is 1.51. The Bertz CT molecular complexity index is 1890. The average molecular weight is 562 g/mol. The number of carbonyl (C=O) groups is 2. The number of thiophene rings is 1. The van der Waals surface area contributed by atoms with Crippen LogP contribution in [0, 0.1) is 0 Å². The lowest BCUT2D eigenvalue weighted by molar-refractivity contribution is -0.116. The molecule has 0 radical (unpaired) electrons. The number of likely N-dealkylation sites (N-methyl/N-ethyl adjacent to an activating group) is 1. The van der Waals surface area contributed by atoms with E-state index < -0.39 is 0 Å². The van der Waals surface area contributed by atoms with Gasteiger partial charge >= 0.3 is 0 Å². The van der Waals surface area contributed by atoms with Gasteiger partial charge in [0.1, 0.15) is 6.17 Å². The van der Waals surface area contributed by atoms with Crippen LogP contribution in [0.15, 0.2) is 72.1 Å². The molecule has 2 atom stereocenters. The Kier molecular flexibility index (Phi) is 6.11. The van der Waals surface area contributed by atoms with Crippen LogP contribution in [-0.2, 0) is 4.79 Å². The number of benzene rings is 1. The number of hydrogen-bond donors (Lipinski definition) is 3. The topological polar surface area (TPSA) is 125 Å². The van der Waals surface area contributed by atoms with Gasteiger partial charge in [-0.1, -0.05) is 12.1 Å². The van der Waals surface area contributed by atoms with Crippen molar-refractivity contribution in [2.24, 2.45) is 4.99 Å². The van der Waals surface area contributed by atoms with Crippen molar-refractivity contribution in [1.29, 1.82) is 0 Å². The van der Waals surface area contributed by atoms with Crippen molar-refractivity contribution < 1.29 is 9.59 Å². The number of anilines is 1. The van der Waals surface area contributed by atoms with Crippen LogP contribution in [0.4, 0.5) is 5.69 Å². The summed E-state index contributed by atoms with van der Waals surface area (Å²) in [6.07, 6.45) is 5.28. The summed E-state index contributed by atoms with van der Waals surface area (Å²) in [6.45, 7) is 1.88. The van der Waals surface area contributed by atoms with Gasteiger partial charge in [0, 0.05) is 50.4 Å². The Balaban J connectivity index is 1.26. The lowest BCUT2D eigenvalue weighted by atomic mass is 9.96. The molecule has 1 fully saturated rings. The molecule has 3 N–H and O–H groups in total. The maximum absolute atomic E-state index is 12.3. The molecule has 9 nitrogen and oxygen atoms in total. The second-order valence-corrected chi connectivity index (χ2v) is 11.7. The molecule has 5 aromatic rings. The minimum Gasteiger partial charge on any atom is -0.353 e. The zero-order chi connectivity index (χ0) is 28.2. The van der Waals surface area contributed by atoms with Crippen molar-refractivity contribution in [2.75, 3.05) is 26.0 Å². The average Bonchev–Trinajstić information content (AvgIpc) is 3.35. The largest absolute Gasteiger partial charge is 0.353 e. The zero-order valence-electron chi connectivity index (χ0n) is 22.7. The molecule has 0 saturated carbocycles. The smallest absolute Gasteiger partial charge is 0.238 e. The third kappa shape index (κ3) is 4.76. The van der Waals surface area contributed by atoms with Crippen LogP contribution in [0.5, 0.6) is 0 Å². The van der Waals surface area contributed by atoms with E-state index in [4.69, 9.17) is 9.98 Å². The highest BCUT2D eigenvalue weighted by atomic mass is 32.1. The number of nitrogens with zero attached hydrogens (tertiary/aromatic N) is 4. The third-order valence-electron chi connectivity index (χ3n) is 7.25. The van der Waals surface area contributed by atoms with Gasteiger partial charge in [-0.2, -0.15) is 0 Å². The monoisotopic (exact) mass is 561 g/mol. The summed E-state index contributed by atoms with van der Waals surface area (Å²) < 4.78 is 0. The first kappa shape index (κ1) is 25.5. The number of rotatable bonds is 7. The number of pyridine rings is 2. The van der Waals surface area contributed by atoms with Gasteiger partial charge in [0.25, 0.3) is 0 Å². The highest BCUT2D eigenvalue weighted by Gasteiger charge is 2.44. The van der Waals surface area contributed by atoms with E-state index in [9.17, 15) is 9.59 Å². The van der Waals surface area contributed by atoms with E-state index in [1.807, 2.05) is 49.5 Å². The van der Waals surface area contributed by atoms with E-state index in [1.54, 1.807) is 19.3 Å². The molecule has 4 aromatic heterocycles. The van der Waals surface area contributed by atoms with Crippen molar-refractivity contribution in [2.45, 2.75) is 19.1 Å². The predicted molar refractivity (Wildman–Crippen MR) is 162 cm³/mol. The van der Waals surface area contributed by atoms with Crippen LogP contribution < -0.4 is 10.6 Å². The first-order valence-corrected chi connectivity index (χ1v) is 14.1. The SMILES string of the molecule is CC(=O)c1ccc(-c2cccc3[nH]c(C4=NC5NC5c5ncc(-c6cncc(NC(=O)CN(C)C)c6)cc54)cc23)s1. The molecule has 0 spiro atoms. The highest BCUT2D eigenvalue weighted by Crippen LogP contribution is 2.40. The standard InChI is InChI=1S/C31H27N7O2S/c1-16(39)25-7-8-26(41-25)20-5-4-6-23-21(20)11-24(35-23)28-22-10-18(13-33-29(22)30-31(36-28)37-30)17-9-19(14-32-12-17)34-27(40)15-38(2)3/h4-14,30-31,35,37H,15H2,1-3H3,(H,34,40). The molecule has 6 heterocycles. The Hall–Kier alpha value is -4.51. The quantitative estimate of drug-likeness (QED) is 0.192. The van der Waals surface area contributed by atoms with Crippen LogP contribution in [0.2, 0.25) is 0 Å². The number of aromatic nitrogens is 3. The van der Waals surface area contributed by atoms with Gasteiger partial charge in [0.2, 0.25) is 5.91 Å². The fourth-order valence-corrected chi connectivity index (χ4v) is 6.23. The number of Topliss-reactive ketones (excluding diaryl/α,β-unsaturated/α-hetero) is 1. The van der Waals surface area contributed by atoms with Gasteiger partial charge in [-0.15, -0.1) is 11.3 Å². The summed E-state index contributed by atoms with van der Waals surface area (Å²) in [5, 5.41) is 7.41. The van der Waals surface area contributed by atoms with Gasteiger partial charge in [-0.3, -0.25) is 29.9 Å². The fraction of sp³-hybridized carbons (Fsp3) is 0.194. The first-order chi connectivity index (χ1) is 19.8. The van der Waals surface area contributed by atoms with E-state index in [0.717, 1.165) is 60.0 Å². The van der Waals surface area contributed by atoms with E-state index >= 15 is 0 Å². The van der Waals surface area contributed by atoms with E-state index in [-0.39, 0.29) is 30.4 Å². The minimum absolute atomic E-state index is 0.00839. The van der Waals surface area contributed by atoms with Crippen molar-refractivity contribution in [3.05, 3.63) is 88.9 Å². The highest BCUT2D eigenvalue weighted by molar-refractivity contribution is 7.17. The minimum atomic E-state index is -0.101. The van der Waals surface area contributed by atoms with Crippen LogP contribution in [-0.4, -0.2) is 64.1 Å². The number of fused-ring (bicyclic) bond motifs is 4. The maximum Gasteiger partial charge on any atom is 0.238 e. The summed E-state index contributed by atoms with van der Waals surface area (Å²) in [5.41, 5.74) is 8.13. The molecule has 2 aliphatic heterocycles. The van der Waals surface area contributed by atoms with E-state index in [2.05, 4.69) is 44.9 Å². The van der Waals surface area contributed by atoms with Crippen LogP contribution in [0.1, 0.15) is 39.6 Å². The molecule has 41 heavy (non-hydrogen) atoms. The molecule has 204 valence electrons. The number of aliphatic imine (C=N–C) groups is 1. The third-order valence-corrected chi connectivity index (χ3v) is 8.47. The Morgan fingerprint density at radius 2 is 1.88 bits per heavy atom. The lowest BCUT2D eigenvalue weighted by Gasteiger charge is -2.15. The molecule has 0 bridgehead atoms. The number of hydrogen-bond acceptors (Lipinski definition) is 8. The van der Waals surface area contributed by atoms with Crippen molar-refractivity contribution >= 4 is 45.3 Å². The van der Waals surface area contributed by atoms with Gasteiger partial charge in [0.15, 0.2) is 5.78 Å². The number of ketones is 1. The summed E-state index contributed by atoms with van der Waals surface area (Å²) in [7, 11) is 3.71. The van der Waals surface area contributed by atoms with Crippen LogP contribution in [0.25, 0.3) is 32.5 Å². The number of aromatic amines is 1. The summed E-state index contributed by atoms with van der Waals surface area (Å²) in [6, 6.07) is 16.3. The predicted octanol–water partition coefficient (Wildman–Crippen LogP) is 4.88. The van der Waals surface area contributed by atoms with E-state index in [1.165, 1.54) is 11.3 Å². The van der Waals surface area contributed by atoms with Crippen molar-refractivity contribution in [3.63, 3.8) is 0 Å². The summed E-state index contributed by atoms with van der Waals surface area (Å²) in [4.78, 5) is 45.6. The Labute approximate surface area is 240 Å². The first-order valence-electron chi connectivity index (χ1n) is 13.3.